The van der Waals surface area contributed by atoms with Crippen LogP contribution in [0.4, 0.5) is 11.6 Å². The Morgan fingerprint density at radius 1 is 1.25 bits per heavy atom. The standard InChI is InChI=1S/C15H19N5/c1-10-13(16)19-15(12-2-3-12)20-14(10)18-9-6-11-4-7-17-8-5-11/h4-5,7-8,12H,2-3,6,9H2,1H3,(H3,16,18,19,20). The third-order valence-corrected chi connectivity index (χ3v) is 3.60. The van der Waals surface area contributed by atoms with Crippen LogP contribution in [0.15, 0.2) is 24.5 Å². The van der Waals surface area contributed by atoms with E-state index in [1.165, 1.54) is 18.4 Å². The Kier molecular flexibility index (Phi) is 3.50. The van der Waals surface area contributed by atoms with E-state index in [1.807, 2.05) is 31.5 Å². The average molecular weight is 269 g/mol. The lowest BCUT2D eigenvalue weighted by Crippen LogP contribution is -2.11. The molecule has 0 unspecified atom stereocenters. The van der Waals surface area contributed by atoms with Crippen molar-refractivity contribution in [1.82, 2.24) is 15.0 Å². The quantitative estimate of drug-likeness (QED) is 0.871. The van der Waals surface area contributed by atoms with Crippen molar-refractivity contribution in [2.45, 2.75) is 32.1 Å². The molecule has 20 heavy (non-hydrogen) atoms. The molecule has 1 fully saturated rings. The molecule has 0 atom stereocenters. The van der Waals surface area contributed by atoms with Crippen molar-refractivity contribution in [3.8, 4) is 0 Å². The van der Waals surface area contributed by atoms with Crippen molar-refractivity contribution < 1.29 is 0 Å². The second-order valence-electron chi connectivity index (χ2n) is 5.25. The van der Waals surface area contributed by atoms with Crippen molar-refractivity contribution in [1.29, 1.82) is 0 Å². The molecule has 0 radical (unpaired) electrons. The Hall–Kier alpha value is -2.17. The van der Waals surface area contributed by atoms with E-state index in [2.05, 4.69) is 20.3 Å². The number of aromatic nitrogens is 3. The maximum atomic E-state index is 5.97. The number of hydrogen-bond acceptors (Lipinski definition) is 5. The van der Waals surface area contributed by atoms with Gasteiger partial charge in [0.15, 0.2) is 0 Å². The Morgan fingerprint density at radius 2 is 2.00 bits per heavy atom. The topological polar surface area (TPSA) is 76.7 Å². The summed E-state index contributed by atoms with van der Waals surface area (Å²) in [7, 11) is 0. The van der Waals surface area contributed by atoms with Crippen LogP contribution in [0.25, 0.3) is 0 Å². The van der Waals surface area contributed by atoms with Crippen LogP contribution in [0.3, 0.4) is 0 Å². The number of hydrogen-bond donors (Lipinski definition) is 2. The average Bonchev–Trinajstić information content (AvgIpc) is 3.29. The van der Waals surface area contributed by atoms with E-state index in [-0.39, 0.29) is 0 Å². The van der Waals surface area contributed by atoms with Crippen LogP contribution in [0, 0.1) is 6.92 Å². The number of pyridine rings is 1. The van der Waals surface area contributed by atoms with Crippen LogP contribution in [0.1, 0.15) is 35.7 Å². The number of nitrogens with one attached hydrogen (secondary N) is 1. The van der Waals surface area contributed by atoms with E-state index < -0.39 is 0 Å². The van der Waals surface area contributed by atoms with Crippen LogP contribution >= 0.6 is 0 Å². The molecule has 0 amide bonds. The van der Waals surface area contributed by atoms with Gasteiger partial charge in [-0.25, -0.2) is 9.97 Å². The summed E-state index contributed by atoms with van der Waals surface area (Å²) < 4.78 is 0. The first-order chi connectivity index (χ1) is 9.74. The van der Waals surface area contributed by atoms with Gasteiger partial charge in [0.05, 0.1) is 0 Å². The molecule has 0 bridgehead atoms. The highest BCUT2D eigenvalue weighted by atomic mass is 15.1. The lowest BCUT2D eigenvalue weighted by Gasteiger charge is -2.11. The van der Waals surface area contributed by atoms with Crippen molar-refractivity contribution in [2.75, 3.05) is 17.6 Å². The number of nitrogens with zero attached hydrogens (tertiary/aromatic N) is 3. The van der Waals surface area contributed by atoms with Gasteiger partial charge in [-0.2, -0.15) is 0 Å². The summed E-state index contributed by atoms with van der Waals surface area (Å²) in [6, 6.07) is 4.05. The fourth-order valence-corrected chi connectivity index (χ4v) is 2.12. The van der Waals surface area contributed by atoms with Crippen molar-refractivity contribution >= 4 is 11.6 Å². The first-order valence-corrected chi connectivity index (χ1v) is 7.01. The van der Waals surface area contributed by atoms with Gasteiger partial charge in [0.25, 0.3) is 0 Å². The predicted molar refractivity (Wildman–Crippen MR) is 79.6 cm³/mol. The van der Waals surface area contributed by atoms with Crippen molar-refractivity contribution in [2.24, 2.45) is 0 Å². The summed E-state index contributed by atoms with van der Waals surface area (Å²) in [5.41, 5.74) is 8.16. The Bertz CT molecular complexity index is 593. The van der Waals surface area contributed by atoms with E-state index in [0.29, 0.717) is 11.7 Å². The molecular formula is C15H19N5. The van der Waals surface area contributed by atoms with E-state index in [1.54, 1.807) is 0 Å². The van der Waals surface area contributed by atoms with Crippen molar-refractivity contribution in [3.05, 3.63) is 41.5 Å². The summed E-state index contributed by atoms with van der Waals surface area (Å²) in [6.45, 7) is 2.78. The first kappa shape index (κ1) is 12.8. The van der Waals surface area contributed by atoms with Gasteiger partial charge in [0.1, 0.15) is 17.5 Å². The Morgan fingerprint density at radius 3 is 2.70 bits per heavy atom. The highest BCUT2D eigenvalue weighted by Gasteiger charge is 2.27. The molecule has 2 aromatic rings. The second kappa shape index (κ2) is 5.45. The minimum absolute atomic E-state index is 0.513. The molecule has 3 N–H and O–H groups in total. The maximum Gasteiger partial charge on any atom is 0.136 e. The molecule has 5 heteroatoms. The van der Waals surface area contributed by atoms with Crippen LogP contribution in [0.5, 0.6) is 0 Å². The molecule has 1 aliphatic rings. The molecule has 1 aliphatic carbocycles. The van der Waals surface area contributed by atoms with Gasteiger partial charge in [-0.05, 0) is 43.9 Å². The molecule has 0 aliphatic heterocycles. The molecule has 2 heterocycles. The number of nitrogen functional groups attached to an aromatic ring is 1. The molecule has 0 spiro atoms. The fourth-order valence-electron chi connectivity index (χ4n) is 2.12. The third kappa shape index (κ3) is 2.87. The molecule has 0 aromatic carbocycles. The smallest absolute Gasteiger partial charge is 0.136 e. The van der Waals surface area contributed by atoms with E-state index in [9.17, 15) is 0 Å². The third-order valence-electron chi connectivity index (χ3n) is 3.60. The van der Waals surface area contributed by atoms with E-state index in [4.69, 9.17) is 5.73 Å². The fraction of sp³-hybridized carbons (Fsp3) is 0.400. The zero-order valence-electron chi connectivity index (χ0n) is 11.6. The predicted octanol–water partition coefficient (Wildman–Crippen LogP) is 2.29. The molecule has 2 aromatic heterocycles. The van der Waals surface area contributed by atoms with Gasteiger partial charge >= 0.3 is 0 Å². The largest absolute Gasteiger partial charge is 0.383 e. The second-order valence-corrected chi connectivity index (χ2v) is 5.25. The molecular weight excluding hydrogens is 250 g/mol. The number of nitrogens with two attached hydrogens (primary N) is 1. The monoisotopic (exact) mass is 269 g/mol. The minimum atomic E-state index is 0.513. The summed E-state index contributed by atoms with van der Waals surface area (Å²) in [5, 5.41) is 3.37. The lowest BCUT2D eigenvalue weighted by molar-refractivity contribution is 0.910. The lowest BCUT2D eigenvalue weighted by atomic mass is 10.2. The minimum Gasteiger partial charge on any atom is -0.383 e. The van der Waals surface area contributed by atoms with E-state index in [0.717, 1.165) is 30.2 Å². The van der Waals surface area contributed by atoms with Crippen LogP contribution in [-0.2, 0) is 6.42 Å². The Balaban J connectivity index is 1.67. The number of anilines is 2. The van der Waals surface area contributed by atoms with Crippen LogP contribution in [-0.4, -0.2) is 21.5 Å². The molecule has 1 saturated carbocycles. The summed E-state index contributed by atoms with van der Waals surface area (Å²) in [4.78, 5) is 13.0. The van der Waals surface area contributed by atoms with Crippen LogP contribution in [0.2, 0.25) is 0 Å². The van der Waals surface area contributed by atoms with Gasteiger partial charge in [-0.3, -0.25) is 4.98 Å². The van der Waals surface area contributed by atoms with Gasteiger partial charge in [-0.1, -0.05) is 0 Å². The highest BCUT2D eigenvalue weighted by molar-refractivity contribution is 5.55. The van der Waals surface area contributed by atoms with Gasteiger partial charge in [-0.15, -0.1) is 0 Å². The zero-order chi connectivity index (χ0) is 13.9. The molecule has 3 rings (SSSR count). The zero-order valence-corrected chi connectivity index (χ0v) is 11.6. The molecule has 5 nitrogen and oxygen atoms in total. The van der Waals surface area contributed by atoms with Gasteiger partial charge in [0.2, 0.25) is 0 Å². The maximum absolute atomic E-state index is 5.97. The highest BCUT2D eigenvalue weighted by Crippen LogP contribution is 2.39. The summed E-state index contributed by atoms with van der Waals surface area (Å²) >= 11 is 0. The van der Waals surface area contributed by atoms with Crippen molar-refractivity contribution in [3.63, 3.8) is 0 Å². The first-order valence-electron chi connectivity index (χ1n) is 7.01. The SMILES string of the molecule is Cc1c(N)nc(C2CC2)nc1NCCc1ccncc1. The van der Waals surface area contributed by atoms with Gasteiger partial charge < -0.3 is 11.1 Å². The summed E-state index contributed by atoms with van der Waals surface area (Å²) in [6.07, 6.45) is 6.92. The van der Waals surface area contributed by atoms with E-state index >= 15 is 0 Å². The van der Waals surface area contributed by atoms with Gasteiger partial charge in [0, 0.05) is 30.4 Å². The molecule has 104 valence electrons. The Labute approximate surface area is 118 Å². The number of rotatable bonds is 5. The van der Waals surface area contributed by atoms with Crippen LogP contribution < -0.4 is 11.1 Å². The molecule has 0 saturated heterocycles. The summed E-state index contributed by atoms with van der Waals surface area (Å²) in [5.74, 6) is 2.86. The normalized spacial score (nSPS) is 14.2.